The molecule has 28 heavy (non-hydrogen) atoms. The number of hydrogen-bond acceptors (Lipinski definition) is 6. The molecule has 0 spiro atoms. The SMILES string of the molecule is C/C(=N\NC1=NC=NC(N/N=C(\C)c2ccc(Cl)cc2)C1)c1ccc(Cl)cc1. The maximum atomic E-state index is 5.92. The Morgan fingerprint density at radius 1 is 0.893 bits per heavy atom. The minimum absolute atomic E-state index is 0.215. The van der Waals surface area contributed by atoms with Crippen LogP contribution in [0.25, 0.3) is 0 Å². The predicted molar refractivity (Wildman–Crippen MR) is 118 cm³/mol. The Labute approximate surface area is 174 Å². The molecule has 6 nitrogen and oxygen atoms in total. The van der Waals surface area contributed by atoms with Gasteiger partial charge in [0.25, 0.3) is 0 Å². The molecule has 2 aromatic rings. The molecule has 0 amide bonds. The van der Waals surface area contributed by atoms with Gasteiger partial charge in [-0.2, -0.15) is 10.2 Å². The Balaban J connectivity index is 1.56. The Hall–Kier alpha value is -2.70. The Bertz CT molecular complexity index is 930. The lowest BCUT2D eigenvalue weighted by Gasteiger charge is -2.17. The molecule has 8 heteroatoms. The lowest BCUT2D eigenvalue weighted by Crippen LogP contribution is -2.33. The minimum Gasteiger partial charge on any atom is -0.285 e. The summed E-state index contributed by atoms with van der Waals surface area (Å²) in [5.41, 5.74) is 9.73. The van der Waals surface area contributed by atoms with Crippen LogP contribution in [-0.4, -0.2) is 29.8 Å². The molecule has 2 N–H and O–H groups in total. The van der Waals surface area contributed by atoms with Gasteiger partial charge in [0.1, 0.15) is 18.3 Å². The van der Waals surface area contributed by atoms with E-state index in [-0.39, 0.29) is 6.17 Å². The largest absolute Gasteiger partial charge is 0.285 e. The zero-order valence-corrected chi connectivity index (χ0v) is 17.0. The van der Waals surface area contributed by atoms with Crippen LogP contribution in [0.4, 0.5) is 0 Å². The highest BCUT2D eigenvalue weighted by molar-refractivity contribution is 6.31. The van der Waals surface area contributed by atoms with Gasteiger partial charge in [0.15, 0.2) is 0 Å². The minimum atomic E-state index is -0.215. The number of hydrazone groups is 2. The zero-order chi connectivity index (χ0) is 19.9. The van der Waals surface area contributed by atoms with Crippen LogP contribution < -0.4 is 10.9 Å². The van der Waals surface area contributed by atoms with E-state index in [1.54, 1.807) is 0 Å². The fourth-order valence-electron chi connectivity index (χ4n) is 2.46. The van der Waals surface area contributed by atoms with Crippen molar-refractivity contribution in [1.29, 1.82) is 0 Å². The fraction of sp³-hybridized carbons (Fsp3) is 0.200. The third kappa shape index (κ3) is 5.65. The number of nitrogens with one attached hydrogen (secondary N) is 2. The summed E-state index contributed by atoms with van der Waals surface area (Å²) >= 11 is 11.8. The molecule has 0 saturated carbocycles. The van der Waals surface area contributed by atoms with Crippen LogP contribution in [0.5, 0.6) is 0 Å². The van der Waals surface area contributed by atoms with Crippen molar-refractivity contribution < 1.29 is 0 Å². The normalized spacial score (nSPS) is 17.3. The van der Waals surface area contributed by atoms with Gasteiger partial charge in [-0.1, -0.05) is 47.5 Å². The number of aliphatic imine (C=N–C) groups is 2. The quantitative estimate of drug-likeness (QED) is 0.558. The summed E-state index contributed by atoms with van der Waals surface area (Å²) in [5.74, 6) is 0.708. The molecular formula is C20H20Cl2N6. The van der Waals surface area contributed by atoms with Gasteiger partial charge >= 0.3 is 0 Å². The van der Waals surface area contributed by atoms with E-state index in [2.05, 4.69) is 31.0 Å². The van der Waals surface area contributed by atoms with Gasteiger partial charge in [0, 0.05) is 16.5 Å². The summed E-state index contributed by atoms with van der Waals surface area (Å²) in [6.07, 6.45) is 1.84. The van der Waals surface area contributed by atoms with Crippen LogP contribution in [0.15, 0.2) is 68.7 Å². The van der Waals surface area contributed by atoms with Crippen LogP contribution >= 0.6 is 23.2 Å². The summed E-state index contributed by atoms with van der Waals surface area (Å²) in [6.45, 7) is 3.85. The molecule has 0 aliphatic carbocycles. The Kier molecular flexibility index (Phi) is 6.79. The van der Waals surface area contributed by atoms with Crippen LogP contribution in [0.2, 0.25) is 10.0 Å². The first kappa shape index (κ1) is 20.0. The van der Waals surface area contributed by atoms with Crippen molar-refractivity contribution in [1.82, 2.24) is 10.9 Å². The van der Waals surface area contributed by atoms with E-state index < -0.39 is 0 Å². The molecule has 0 fully saturated rings. The molecule has 1 heterocycles. The van der Waals surface area contributed by atoms with E-state index in [1.165, 1.54) is 6.34 Å². The molecule has 144 valence electrons. The lowest BCUT2D eigenvalue weighted by molar-refractivity contribution is 0.561. The van der Waals surface area contributed by atoms with Crippen LogP contribution in [0, 0.1) is 0 Å². The summed E-state index contributed by atoms with van der Waals surface area (Å²) in [6, 6.07) is 15.0. The van der Waals surface area contributed by atoms with E-state index in [0.29, 0.717) is 22.3 Å². The van der Waals surface area contributed by atoms with E-state index in [1.807, 2.05) is 62.4 Å². The molecule has 0 radical (unpaired) electrons. The van der Waals surface area contributed by atoms with E-state index in [9.17, 15) is 0 Å². The van der Waals surface area contributed by atoms with Crippen LogP contribution in [0.3, 0.4) is 0 Å². The Morgan fingerprint density at radius 3 is 2.00 bits per heavy atom. The van der Waals surface area contributed by atoms with Gasteiger partial charge in [-0.25, -0.2) is 9.98 Å². The molecule has 0 aromatic heterocycles. The second kappa shape index (κ2) is 9.48. The average molecular weight is 415 g/mol. The maximum Gasteiger partial charge on any atom is 0.143 e. The van der Waals surface area contributed by atoms with E-state index in [0.717, 1.165) is 22.6 Å². The van der Waals surface area contributed by atoms with Gasteiger partial charge < -0.3 is 0 Å². The second-order valence-electron chi connectivity index (χ2n) is 6.21. The maximum absolute atomic E-state index is 5.92. The third-order valence-corrected chi connectivity index (χ3v) is 4.61. The topological polar surface area (TPSA) is 73.5 Å². The zero-order valence-electron chi connectivity index (χ0n) is 15.5. The smallest absolute Gasteiger partial charge is 0.143 e. The molecule has 1 atom stereocenters. The number of rotatable bonds is 5. The number of hydrogen-bond donors (Lipinski definition) is 2. The first-order valence-electron chi connectivity index (χ1n) is 8.71. The molecule has 2 aromatic carbocycles. The highest BCUT2D eigenvalue weighted by Crippen LogP contribution is 2.11. The van der Waals surface area contributed by atoms with Gasteiger partial charge in [0.05, 0.1) is 11.4 Å². The number of amidine groups is 1. The monoisotopic (exact) mass is 414 g/mol. The van der Waals surface area contributed by atoms with E-state index >= 15 is 0 Å². The summed E-state index contributed by atoms with van der Waals surface area (Å²) in [7, 11) is 0. The van der Waals surface area contributed by atoms with Crippen molar-refractivity contribution in [3.8, 4) is 0 Å². The Morgan fingerprint density at radius 2 is 1.43 bits per heavy atom. The third-order valence-electron chi connectivity index (χ3n) is 4.10. The second-order valence-corrected chi connectivity index (χ2v) is 7.08. The van der Waals surface area contributed by atoms with Gasteiger partial charge in [0.2, 0.25) is 0 Å². The molecule has 1 aliphatic heterocycles. The van der Waals surface area contributed by atoms with Crippen LogP contribution in [-0.2, 0) is 0 Å². The lowest BCUT2D eigenvalue weighted by atomic mass is 10.1. The van der Waals surface area contributed by atoms with Gasteiger partial charge in [-0.05, 0) is 49.2 Å². The van der Waals surface area contributed by atoms with Crippen molar-refractivity contribution in [2.45, 2.75) is 26.4 Å². The summed E-state index contributed by atoms with van der Waals surface area (Å²) in [5, 5.41) is 10.2. The molecule has 0 bridgehead atoms. The van der Waals surface area contributed by atoms with Crippen molar-refractivity contribution in [3.63, 3.8) is 0 Å². The molecule has 1 aliphatic rings. The molecule has 3 rings (SSSR count). The first-order chi connectivity index (χ1) is 13.5. The molecule has 1 unspecified atom stereocenters. The molecule has 0 saturated heterocycles. The van der Waals surface area contributed by atoms with Crippen molar-refractivity contribution >= 4 is 46.8 Å². The summed E-state index contributed by atoms with van der Waals surface area (Å²) in [4.78, 5) is 8.54. The van der Waals surface area contributed by atoms with Crippen molar-refractivity contribution in [2.24, 2.45) is 20.2 Å². The average Bonchev–Trinajstić information content (AvgIpc) is 2.71. The van der Waals surface area contributed by atoms with Crippen LogP contribution in [0.1, 0.15) is 31.4 Å². The van der Waals surface area contributed by atoms with Gasteiger partial charge in [-0.15, -0.1) is 0 Å². The highest BCUT2D eigenvalue weighted by atomic mass is 35.5. The van der Waals surface area contributed by atoms with Crippen molar-refractivity contribution in [3.05, 3.63) is 69.7 Å². The van der Waals surface area contributed by atoms with E-state index in [4.69, 9.17) is 23.2 Å². The number of halogens is 2. The highest BCUT2D eigenvalue weighted by Gasteiger charge is 2.13. The van der Waals surface area contributed by atoms with Crippen molar-refractivity contribution in [2.75, 3.05) is 0 Å². The predicted octanol–water partition coefficient (Wildman–Crippen LogP) is 4.48. The number of benzene rings is 2. The van der Waals surface area contributed by atoms with Gasteiger partial charge in [-0.3, -0.25) is 10.9 Å². The summed E-state index contributed by atoms with van der Waals surface area (Å²) < 4.78 is 0. The fourth-order valence-corrected chi connectivity index (χ4v) is 2.71. The standard InChI is InChI=1S/C20H20Cl2N6/c1-13(15-3-7-17(21)8-4-15)25-27-19-11-20(24-12-23-19)28-26-14(2)16-5-9-18(22)10-6-16/h3-10,12,19,27H,11H2,1-2H3,(H,23,24,28)/b25-13+,26-14+. The molecular weight excluding hydrogens is 395 g/mol. The number of nitrogens with zero attached hydrogens (tertiary/aromatic N) is 4. The first-order valence-corrected chi connectivity index (χ1v) is 9.47.